The standard InChI is InChI=1S/C24H19N3O7/c28-20-11-19(23(30)31)27(26-20)22(29)21-18(9-10-33-21)25-24(32)34-12-17-15-7-3-1-5-13(15)14-6-2-4-8-16(14)17/h1-10,17,19H,11-12H2,(H,25,32)(H,26,28)(H,30,31). The average Bonchev–Trinajstić information content (AvgIpc) is 3.53. The molecule has 34 heavy (non-hydrogen) atoms. The third-order valence-electron chi connectivity index (χ3n) is 5.88. The number of carbonyl (C=O) groups excluding carboxylic acids is 3. The third kappa shape index (κ3) is 3.64. The van der Waals surface area contributed by atoms with Gasteiger partial charge in [0, 0.05) is 12.0 Å². The first-order chi connectivity index (χ1) is 16.4. The normalized spacial score (nSPS) is 16.5. The van der Waals surface area contributed by atoms with E-state index in [9.17, 15) is 24.3 Å². The van der Waals surface area contributed by atoms with E-state index < -0.39 is 29.9 Å². The van der Waals surface area contributed by atoms with Crippen LogP contribution in [0.25, 0.3) is 11.1 Å². The summed E-state index contributed by atoms with van der Waals surface area (Å²) in [5, 5.41) is 12.4. The summed E-state index contributed by atoms with van der Waals surface area (Å²) >= 11 is 0. The van der Waals surface area contributed by atoms with Crippen LogP contribution in [0.3, 0.4) is 0 Å². The molecule has 3 aromatic rings. The Balaban J connectivity index is 1.28. The second-order valence-corrected chi connectivity index (χ2v) is 7.88. The van der Waals surface area contributed by atoms with Gasteiger partial charge in [0.1, 0.15) is 6.61 Å². The summed E-state index contributed by atoms with van der Waals surface area (Å²) in [5.41, 5.74) is 6.49. The number of benzene rings is 2. The minimum absolute atomic E-state index is 0.00694. The maximum absolute atomic E-state index is 12.8. The fraction of sp³-hybridized carbons (Fsp3) is 0.167. The Kier molecular flexibility index (Phi) is 5.25. The van der Waals surface area contributed by atoms with Gasteiger partial charge in [0.05, 0.1) is 18.4 Å². The lowest BCUT2D eigenvalue weighted by molar-refractivity contribution is -0.142. The Labute approximate surface area is 193 Å². The molecule has 0 saturated carbocycles. The van der Waals surface area contributed by atoms with Crippen LogP contribution < -0.4 is 10.7 Å². The number of ether oxygens (including phenoxy) is 1. The van der Waals surface area contributed by atoms with Crippen molar-refractivity contribution >= 4 is 29.6 Å². The maximum Gasteiger partial charge on any atom is 0.411 e. The Morgan fingerprint density at radius 1 is 1.06 bits per heavy atom. The van der Waals surface area contributed by atoms with Crippen molar-refractivity contribution in [2.75, 3.05) is 11.9 Å². The van der Waals surface area contributed by atoms with Crippen molar-refractivity contribution in [3.8, 4) is 11.1 Å². The van der Waals surface area contributed by atoms with Crippen LogP contribution in [0.1, 0.15) is 34.0 Å². The number of carboxylic acid groups (broad SMARTS) is 1. The Bertz CT molecular complexity index is 1270. The predicted octanol–water partition coefficient (Wildman–Crippen LogP) is 2.97. The van der Waals surface area contributed by atoms with E-state index in [2.05, 4.69) is 10.7 Å². The van der Waals surface area contributed by atoms with Gasteiger partial charge in [-0.2, -0.15) is 0 Å². The first-order valence-corrected chi connectivity index (χ1v) is 10.5. The molecule has 1 atom stereocenters. The van der Waals surface area contributed by atoms with Crippen molar-refractivity contribution in [2.45, 2.75) is 18.4 Å². The summed E-state index contributed by atoms with van der Waals surface area (Å²) in [6, 6.07) is 15.8. The number of hydrazine groups is 1. The number of carboxylic acids is 1. The summed E-state index contributed by atoms with van der Waals surface area (Å²) in [4.78, 5) is 48.3. The minimum Gasteiger partial charge on any atom is -0.480 e. The number of amides is 3. The van der Waals surface area contributed by atoms with E-state index >= 15 is 0 Å². The van der Waals surface area contributed by atoms with E-state index in [-0.39, 0.29) is 30.4 Å². The van der Waals surface area contributed by atoms with Crippen LogP contribution in [0.15, 0.2) is 65.3 Å². The molecule has 0 radical (unpaired) electrons. The van der Waals surface area contributed by atoms with Gasteiger partial charge >= 0.3 is 18.0 Å². The second kappa shape index (κ2) is 8.39. The number of nitrogens with one attached hydrogen (secondary N) is 2. The number of fused-ring (bicyclic) bond motifs is 3. The number of furan rings is 1. The second-order valence-electron chi connectivity index (χ2n) is 7.88. The SMILES string of the molecule is O=C1CC(C(=O)O)N(C(=O)c2occc2NC(=O)OCC2c3ccccc3-c3ccccc32)N1. The molecular weight excluding hydrogens is 442 g/mol. The molecule has 1 fully saturated rings. The van der Waals surface area contributed by atoms with Gasteiger partial charge in [-0.05, 0) is 22.3 Å². The zero-order valence-corrected chi connectivity index (χ0v) is 17.7. The number of anilines is 1. The molecule has 2 heterocycles. The highest BCUT2D eigenvalue weighted by atomic mass is 16.5. The molecule has 0 spiro atoms. The highest BCUT2D eigenvalue weighted by Crippen LogP contribution is 2.44. The first-order valence-electron chi connectivity index (χ1n) is 10.5. The van der Waals surface area contributed by atoms with Crippen LogP contribution >= 0.6 is 0 Å². The lowest BCUT2D eigenvalue weighted by atomic mass is 9.98. The van der Waals surface area contributed by atoms with Crippen molar-refractivity contribution < 1.29 is 33.4 Å². The average molecular weight is 461 g/mol. The van der Waals surface area contributed by atoms with Crippen LogP contribution in [0.4, 0.5) is 10.5 Å². The molecule has 1 aliphatic carbocycles. The Morgan fingerprint density at radius 3 is 2.35 bits per heavy atom. The van der Waals surface area contributed by atoms with Gasteiger partial charge in [0.2, 0.25) is 11.7 Å². The molecule has 0 bridgehead atoms. The topological polar surface area (TPSA) is 138 Å². The minimum atomic E-state index is -1.38. The van der Waals surface area contributed by atoms with E-state index in [4.69, 9.17) is 9.15 Å². The van der Waals surface area contributed by atoms with Crippen molar-refractivity contribution in [3.05, 3.63) is 77.7 Å². The number of hydrogen-bond donors (Lipinski definition) is 3. The summed E-state index contributed by atoms with van der Waals surface area (Å²) < 4.78 is 10.6. The lowest BCUT2D eigenvalue weighted by Gasteiger charge is -2.19. The van der Waals surface area contributed by atoms with Gasteiger partial charge in [-0.1, -0.05) is 48.5 Å². The van der Waals surface area contributed by atoms with Crippen molar-refractivity contribution in [3.63, 3.8) is 0 Å². The van der Waals surface area contributed by atoms with E-state index in [0.29, 0.717) is 5.01 Å². The van der Waals surface area contributed by atoms with Crippen molar-refractivity contribution in [2.24, 2.45) is 0 Å². The van der Waals surface area contributed by atoms with Gasteiger partial charge in [-0.3, -0.25) is 20.3 Å². The number of nitrogens with zero attached hydrogens (tertiary/aromatic N) is 1. The molecule has 1 aliphatic heterocycles. The van der Waals surface area contributed by atoms with Crippen LogP contribution in [0, 0.1) is 0 Å². The summed E-state index contributed by atoms with van der Waals surface area (Å²) in [7, 11) is 0. The number of rotatable bonds is 5. The first kappa shape index (κ1) is 21.3. The molecule has 10 heteroatoms. The van der Waals surface area contributed by atoms with Crippen LogP contribution in [0.2, 0.25) is 0 Å². The highest BCUT2D eigenvalue weighted by molar-refractivity contribution is 6.04. The molecule has 1 aromatic heterocycles. The Morgan fingerprint density at radius 2 is 1.71 bits per heavy atom. The van der Waals surface area contributed by atoms with E-state index in [0.717, 1.165) is 22.3 Å². The fourth-order valence-electron chi connectivity index (χ4n) is 4.34. The number of carbonyl (C=O) groups is 4. The van der Waals surface area contributed by atoms with Gasteiger partial charge in [0.25, 0.3) is 0 Å². The summed E-state index contributed by atoms with van der Waals surface area (Å²) in [6.07, 6.45) is -0.0192. The summed E-state index contributed by atoms with van der Waals surface area (Å²) in [5.74, 6) is -3.33. The van der Waals surface area contributed by atoms with Crippen LogP contribution in [0.5, 0.6) is 0 Å². The van der Waals surface area contributed by atoms with Gasteiger partial charge in [-0.25, -0.2) is 14.6 Å². The molecule has 172 valence electrons. The molecule has 3 N–H and O–H groups in total. The van der Waals surface area contributed by atoms with Gasteiger partial charge in [-0.15, -0.1) is 0 Å². The molecule has 3 amide bonds. The van der Waals surface area contributed by atoms with E-state index in [1.165, 1.54) is 12.3 Å². The Hall–Kier alpha value is -4.60. The molecule has 1 saturated heterocycles. The van der Waals surface area contributed by atoms with Crippen molar-refractivity contribution in [1.29, 1.82) is 0 Å². The van der Waals surface area contributed by atoms with Gasteiger partial charge in [0.15, 0.2) is 6.04 Å². The molecule has 5 rings (SSSR count). The molecule has 2 aromatic carbocycles. The quantitative estimate of drug-likeness (QED) is 0.531. The van der Waals surface area contributed by atoms with Crippen molar-refractivity contribution in [1.82, 2.24) is 10.4 Å². The number of hydrogen-bond acceptors (Lipinski definition) is 6. The zero-order chi connectivity index (χ0) is 23.8. The fourth-order valence-corrected chi connectivity index (χ4v) is 4.34. The summed E-state index contributed by atoms with van der Waals surface area (Å²) in [6.45, 7) is 0.0737. The molecule has 1 unspecified atom stereocenters. The van der Waals surface area contributed by atoms with Gasteiger partial charge < -0.3 is 14.3 Å². The van der Waals surface area contributed by atoms with E-state index in [1.807, 2.05) is 48.5 Å². The lowest BCUT2D eigenvalue weighted by Crippen LogP contribution is -2.46. The molecular formula is C24H19N3O7. The predicted molar refractivity (Wildman–Crippen MR) is 118 cm³/mol. The monoisotopic (exact) mass is 461 g/mol. The highest BCUT2D eigenvalue weighted by Gasteiger charge is 2.41. The van der Waals surface area contributed by atoms with Crippen LogP contribution in [-0.4, -0.2) is 46.6 Å². The smallest absolute Gasteiger partial charge is 0.411 e. The molecule has 10 nitrogen and oxygen atoms in total. The maximum atomic E-state index is 12.8. The molecule has 2 aliphatic rings. The van der Waals surface area contributed by atoms with Crippen LogP contribution in [-0.2, 0) is 14.3 Å². The largest absolute Gasteiger partial charge is 0.480 e. The number of aliphatic carboxylic acids is 1. The zero-order valence-electron chi connectivity index (χ0n) is 17.7. The van der Waals surface area contributed by atoms with E-state index in [1.54, 1.807) is 0 Å². The third-order valence-corrected chi connectivity index (χ3v) is 5.88.